The highest BCUT2D eigenvalue weighted by Crippen LogP contribution is 1.93. The van der Waals surface area contributed by atoms with Gasteiger partial charge >= 0.3 is 0 Å². The molecule has 0 unspecified atom stereocenters. The van der Waals surface area contributed by atoms with E-state index >= 15 is 0 Å². The zero-order valence-electron chi connectivity index (χ0n) is 9.89. The molecule has 1 N–H and O–H groups in total. The zero-order valence-corrected chi connectivity index (χ0v) is 10.7. The van der Waals surface area contributed by atoms with Gasteiger partial charge in [0.2, 0.25) is 0 Å². The van der Waals surface area contributed by atoms with Crippen LogP contribution in [0, 0.1) is 0 Å². The largest absolute Gasteiger partial charge is 0.365 e. The van der Waals surface area contributed by atoms with Crippen molar-refractivity contribution in [1.82, 2.24) is 4.98 Å². The van der Waals surface area contributed by atoms with Crippen molar-refractivity contribution < 1.29 is 0 Å². The first-order valence-corrected chi connectivity index (χ1v) is 5.49. The Balaban J connectivity index is 0. The van der Waals surface area contributed by atoms with Crippen molar-refractivity contribution in [3.8, 4) is 0 Å². The molecule has 0 radical (unpaired) electrons. The molecule has 1 aromatic heterocycles. The second-order valence-electron chi connectivity index (χ2n) is 2.42. The topological polar surface area (TPSA) is 15.8 Å². The number of nitrogens with one attached hydrogen (secondary N) is 1. The third-order valence-corrected chi connectivity index (χ3v) is 1.66. The Bertz CT molecular complexity index is 208. The predicted molar refractivity (Wildman–Crippen MR) is 66.8 cm³/mol. The first-order valence-electron chi connectivity index (χ1n) is 5.11. The summed E-state index contributed by atoms with van der Waals surface area (Å²) in [5.74, 6) is 0. The van der Waals surface area contributed by atoms with E-state index in [0.717, 1.165) is 11.5 Å². The molecule has 0 bridgehead atoms. The Kier molecular flexibility index (Phi) is 13.9. The first-order chi connectivity index (χ1) is 6.70. The smallest absolute Gasteiger partial charge is 0.0144 e. The van der Waals surface area contributed by atoms with Crippen molar-refractivity contribution in [3.05, 3.63) is 35.1 Å². The van der Waals surface area contributed by atoms with Crippen LogP contribution in [0.2, 0.25) is 0 Å². The molecule has 2 heteroatoms. The minimum Gasteiger partial charge on any atom is -0.365 e. The summed E-state index contributed by atoms with van der Waals surface area (Å²) in [4.78, 5) is 3.09. The SMILES string of the molecule is C/C=C(\C)Cl.CC.CCc1ccc[nH]1. The van der Waals surface area contributed by atoms with E-state index in [1.807, 2.05) is 46.0 Å². The fourth-order valence-corrected chi connectivity index (χ4v) is 0.587. The Hall–Kier alpha value is -0.690. The summed E-state index contributed by atoms with van der Waals surface area (Å²) in [6.45, 7) is 9.88. The number of rotatable bonds is 1. The first kappa shape index (κ1) is 15.8. The third kappa shape index (κ3) is 11.3. The molecule has 1 aromatic rings. The van der Waals surface area contributed by atoms with E-state index in [2.05, 4.69) is 18.0 Å². The van der Waals surface area contributed by atoms with E-state index in [1.165, 1.54) is 5.69 Å². The number of H-pyrrole nitrogens is 1. The van der Waals surface area contributed by atoms with Gasteiger partial charge in [-0.3, -0.25) is 0 Å². The van der Waals surface area contributed by atoms with E-state index < -0.39 is 0 Å². The van der Waals surface area contributed by atoms with Gasteiger partial charge in [0.15, 0.2) is 0 Å². The summed E-state index contributed by atoms with van der Waals surface area (Å²) < 4.78 is 0. The van der Waals surface area contributed by atoms with Crippen molar-refractivity contribution >= 4 is 11.6 Å². The Morgan fingerprint density at radius 2 is 2.00 bits per heavy atom. The molecule has 0 fully saturated rings. The Morgan fingerprint density at radius 3 is 2.14 bits per heavy atom. The van der Waals surface area contributed by atoms with Crippen molar-refractivity contribution in [3.63, 3.8) is 0 Å². The standard InChI is InChI=1S/C6H9N.C4H7Cl.C2H6/c1-2-6-4-3-5-7-6;1-3-4(2)5;1-2/h3-5,7H,2H2,1H3;3H,1-2H3;1-2H3/b;4-3+;. The average molecular weight is 216 g/mol. The molecular formula is C12H22ClN. The number of hydrogen-bond donors (Lipinski definition) is 1. The van der Waals surface area contributed by atoms with Gasteiger partial charge in [-0.2, -0.15) is 0 Å². The maximum Gasteiger partial charge on any atom is 0.0144 e. The summed E-state index contributed by atoms with van der Waals surface area (Å²) in [6, 6.07) is 4.10. The van der Waals surface area contributed by atoms with Crippen LogP contribution in [0.1, 0.15) is 40.3 Å². The van der Waals surface area contributed by atoms with E-state index in [-0.39, 0.29) is 0 Å². The number of allylic oxidation sites excluding steroid dienone is 2. The van der Waals surface area contributed by atoms with Gasteiger partial charge in [0.25, 0.3) is 0 Å². The second kappa shape index (κ2) is 12.3. The van der Waals surface area contributed by atoms with Crippen LogP contribution >= 0.6 is 11.6 Å². The van der Waals surface area contributed by atoms with Gasteiger partial charge in [0, 0.05) is 16.9 Å². The predicted octanol–water partition coefficient (Wildman–Crippen LogP) is 4.75. The van der Waals surface area contributed by atoms with Crippen LogP contribution in [0.15, 0.2) is 29.4 Å². The Labute approximate surface area is 93.2 Å². The molecule has 1 nitrogen and oxygen atoms in total. The maximum atomic E-state index is 5.32. The van der Waals surface area contributed by atoms with Crippen molar-refractivity contribution in [2.75, 3.05) is 0 Å². The van der Waals surface area contributed by atoms with Crippen LogP contribution in [0.5, 0.6) is 0 Å². The van der Waals surface area contributed by atoms with Gasteiger partial charge in [-0.05, 0) is 32.4 Å². The van der Waals surface area contributed by atoms with Gasteiger partial charge in [-0.25, -0.2) is 0 Å². The molecule has 0 aliphatic heterocycles. The van der Waals surface area contributed by atoms with Crippen molar-refractivity contribution in [2.24, 2.45) is 0 Å². The van der Waals surface area contributed by atoms with Crippen LogP contribution in [0.25, 0.3) is 0 Å². The molecule has 0 saturated heterocycles. The molecule has 1 rings (SSSR count). The number of aromatic amines is 1. The highest BCUT2D eigenvalue weighted by atomic mass is 35.5. The van der Waals surface area contributed by atoms with Crippen LogP contribution in [-0.4, -0.2) is 4.98 Å². The van der Waals surface area contributed by atoms with Gasteiger partial charge in [-0.15, -0.1) is 0 Å². The van der Waals surface area contributed by atoms with Gasteiger partial charge in [0.1, 0.15) is 0 Å². The quantitative estimate of drug-likeness (QED) is 0.696. The van der Waals surface area contributed by atoms with E-state index in [9.17, 15) is 0 Å². The molecule has 0 spiro atoms. The molecule has 0 atom stereocenters. The van der Waals surface area contributed by atoms with E-state index in [4.69, 9.17) is 11.6 Å². The molecular weight excluding hydrogens is 194 g/mol. The summed E-state index contributed by atoms with van der Waals surface area (Å²) in [7, 11) is 0. The van der Waals surface area contributed by atoms with Crippen LogP contribution in [0.4, 0.5) is 0 Å². The summed E-state index contributed by atoms with van der Waals surface area (Å²) >= 11 is 5.32. The minimum atomic E-state index is 0.852. The van der Waals surface area contributed by atoms with E-state index in [0.29, 0.717) is 0 Å². The monoisotopic (exact) mass is 215 g/mol. The lowest BCUT2D eigenvalue weighted by Gasteiger charge is -1.81. The molecule has 82 valence electrons. The van der Waals surface area contributed by atoms with Crippen LogP contribution in [0.3, 0.4) is 0 Å². The normalized spacial score (nSPS) is 9.43. The lowest BCUT2D eigenvalue weighted by Crippen LogP contribution is -1.73. The fourth-order valence-electron chi connectivity index (χ4n) is 0.587. The highest BCUT2D eigenvalue weighted by molar-refractivity contribution is 6.29. The third-order valence-electron chi connectivity index (χ3n) is 1.44. The van der Waals surface area contributed by atoms with Gasteiger partial charge in [0.05, 0.1) is 0 Å². The molecule has 14 heavy (non-hydrogen) atoms. The Morgan fingerprint density at radius 1 is 1.50 bits per heavy atom. The molecule has 0 saturated carbocycles. The van der Waals surface area contributed by atoms with Gasteiger partial charge in [-0.1, -0.05) is 38.4 Å². The summed E-state index contributed by atoms with van der Waals surface area (Å²) in [5, 5.41) is 0.852. The average Bonchev–Trinajstić information content (AvgIpc) is 2.74. The number of aromatic nitrogens is 1. The van der Waals surface area contributed by atoms with Crippen LogP contribution < -0.4 is 0 Å². The van der Waals surface area contributed by atoms with Crippen molar-refractivity contribution in [1.29, 1.82) is 0 Å². The molecule has 0 aliphatic rings. The molecule has 0 aliphatic carbocycles. The fraction of sp³-hybridized carbons (Fsp3) is 0.500. The lowest BCUT2D eigenvalue weighted by atomic mass is 10.4. The van der Waals surface area contributed by atoms with Gasteiger partial charge < -0.3 is 4.98 Å². The van der Waals surface area contributed by atoms with Crippen LogP contribution in [-0.2, 0) is 6.42 Å². The maximum absolute atomic E-state index is 5.32. The number of hydrogen-bond acceptors (Lipinski definition) is 0. The zero-order chi connectivity index (χ0) is 11.4. The minimum absolute atomic E-state index is 0.852. The number of aryl methyl sites for hydroxylation is 1. The molecule has 0 amide bonds. The molecule has 0 aromatic carbocycles. The van der Waals surface area contributed by atoms with Crippen molar-refractivity contribution in [2.45, 2.75) is 41.0 Å². The highest BCUT2D eigenvalue weighted by Gasteiger charge is 1.80. The lowest BCUT2D eigenvalue weighted by molar-refractivity contribution is 1.06. The summed E-state index contributed by atoms with van der Waals surface area (Å²) in [6.07, 6.45) is 4.90. The summed E-state index contributed by atoms with van der Waals surface area (Å²) in [5.41, 5.74) is 1.31. The second-order valence-corrected chi connectivity index (χ2v) is 3.02. The van der Waals surface area contributed by atoms with E-state index in [1.54, 1.807) is 0 Å². The molecule has 1 heterocycles. The number of halogens is 1.